The van der Waals surface area contributed by atoms with Gasteiger partial charge < -0.3 is 10.6 Å². The third-order valence-corrected chi connectivity index (χ3v) is 5.37. The lowest BCUT2D eigenvalue weighted by atomic mass is 9.64. The number of rotatable bonds is 2. The summed E-state index contributed by atoms with van der Waals surface area (Å²) in [6.07, 6.45) is -4.03. The summed E-state index contributed by atoms with van der Waals surface area (Å²) in [4.78, 5) is 12.7. The van der Waals surface area contributed by atoms with E-state index in [1.807, 2.05) is 13.8 Å². The lowest BCUT2D eigenvalue weighted by molar-refractivity contribution is -0.137. The number of nitrogens with one attached hydrogen (secondary N) is 2. The molecule has 3 aliphatic rings. The fraction of sp³-hybridized carbons (Fsp3) is 0.389. The Hall–Kier alpha value is -2.64. The van der Waals surface area contributed by atoms with Gasteiger partial charge in [-0.15, -0.1) is 5.11 Å². The first-order chi connectivity index (χ1) is 12.3. The largest absolute Gasteiger partial charge is 0.416 e. The third-order valence-electron chi connectivity index (χ3n) is 5.37. The van der Waals surface area contributed by atoms with Crippen LogP contribution < -0.4 is 10.6 Å². The van der Waals surface area contributed by atoms with Crippen LogP contribution in [0.2, 0.25) is 0 Å². The van der Waals surface area contributed by atoms with Crippen LogP contribution in [0.4, 0.5) is 13.2 Å². The van der Waals surface area contributed by atoms with Crippen molar-refractivity contribution in [2.75, 3.05) is 6.54 Å². The number of alkyl halides is 3. The summed E-state index contributed by atoms with van der Waals surface area (Å²) in [7, 11) is 0. The monoisotopic (exact) mass is 362 g/mol. The van der Waals surface area contributed by atoms with Crippen molar-refractivity contribution >= 4 is 5.91 Å². The maximum absolute atomic E-state index is 13.3. The average Bonchev–Trinajstić information content (AvgIpc) is 3.18. The molecular formula is C18H17F3N4O. The Balaban J connectivity index is 1.99. The summed E-state index contributed by atoms with van der Waals surface area (Å²) in [5.74, 6) is 0.268. The minimum Gasteiger partial charge on any atom is -0.344 e. The first-order valence-corrected chi connectivity index (χ1v) is 8.40. The van der Waals surface area contributed by atoms with E-state index in [1.54, 1.807) is 6.07 Å². The molecule has 26 heavy (non-hydrogen) atoms. The second-order valence-corrected chi connectivity index (χ2v) is 6.67. The second kappa shape index (κ2) is 5.43. The summed E-state index contributed by atoms with van der Waals surface area (Å²) >= 11 is 0. The van der Waals surface area contributed by atoms with E-state index in [0.29, 0.717) is 29.1 Å². The molecule has 1 aromatic rings. The Morgan fingerprint density at radius 3 is 2.81 bits per heavy atom. The molecule has 2 atom stereocenters. The van der Waals surface area contributed by atoms with Crippen molar-refractivity contribution in [2.45, 2.75) is 37.9 Å². The molecule has 8 heteroatoms. The van der Waals surface area contributed by atoms with Crippen LogP contribution in [0.15, 0.2) is 57.2 Å². The van der Waals surface area contributed by atoms with Crippen molar-refractivity contribution < 1.29 is 18.0 Å². The van der Waals surface area contributed by atoms with Crippen LogP contribution in [-0.2, 0) is 16.4 Å². The van der Waals surface area contributed by atoms with Gasteiger partial charge in [0.15, 0.2) is 5.82 Å². The standard InChI is InChI=1S/C18H17F3N4O/c1-3-17(10-5-4-6-11(7-10)18(19,20)21)12-8-22-25-15(12)24-14-9(2)23-16(26)13(14)17/h4-7,9,24H,3,8H2,1-2H3,(H,23,26). The van der Waals surface area contributed by atoms with E-state index in [9.17, 15) is 18.0 Å². The molecule has 3 heterocycles. The molecule has 1 aromatic carbocycles. The predicted octanol–water partition coefficient (Wildman–Crippen LogP) is 3.41. The van der Waals surface area contributed by atoms with Crippen LogP contribution >= 0.6 is 0 Å². The lowest BCUT2D eigenvalue weighted by Gasteiger charge is -2.39. The van der Waals surface area contributed by atoms with Crippen LogP contribution in [-0.4, -0.2) is 18.5 Å². The molecule has 4 rings (SSSR count). The van der Waals surface area contributed by atoms with Crippen molar-refractivity contribution in [2.24, 2.45) is 10.2 Å². The van der Waals surface area contributed by atoms with E-state index in [2.05, 4.69) is 20.9 Å². The molecule has 0 saturated carbocycles. The van der Waals surface area contributed by atoms with E-state index in [-0.39, 0.29) is 18.5 Å². The number of dihydropyridines is 1. The van der Waals surface area contributed by atoms with E-state index in [4.69, 9.17) is 0 Å². The van der Waals surface area contributed by atoms with Crippen molar-refractivity contribution in [1.82, 2.24) is 10.6 Å². The number of hydrogen-bond donors (Lipinski definition) is 2. The molecule has 0 bridgehead atoms. The van der Waals surface area contributed by atoms with Gasteiger partial charge in [-0.1, -0.05) is 25.1 Å². The Labute approximate surface area is 148 Å². The minimum absolute atomic E-state index is 0.255. The van der Waals surface area contributed by atoms with Crippen molar-refractivity contribution in [3.63, 3.8) is 0 Å². The van der Waals surface area contributed by atoms with Crippen LogP contribution in [0.5, 0.6) is 0 Å². The van der Waals surface area contributed by atoms with Gasteiger partial charge in [-0.2, -0.15) is 18.3 Å². The molecule has 0 spiro atoms. The number of carbonyl (C=O) groups is 1. The Bertz CT molecular complexity index is 900. The first kappa shape index (κ1) is 16.8. The molecule has 0 saturated heterocycles. The normalized spacial score (nSPS) is 27.4. The van der Waals surface area contributed by atoms with Gasteiger partial charge in [0.05, 0.1) is 29.1 Å². The zero-order valence-corrected chi connectivity index (χ0v) is 14.2. The summed E-state index contributed by atoms with van der Waals surface area (Å²) in [5.41, 5.74) is 0.598. The molecule has 5 nitrogen and oxygen atoms in total. The quantitative estimate of drug-likeness (QED) is 0.847. The number of azo groups is 1. The summed E-state index contributed by atoms with van der Waals surface area (Å²) in [5, 5.41) is 14.2. The summed E-state index contributed by atoms with van der Waals surface area (Å²) < 4.78 is 39.9. The Kier molecular flexibility index (Phi) is 3.51. The third kappa shape index (κ3) is 2.14. The minimum atomic E-state index is -4.46. The molecule has 1 amide bonds. The fourth-order valence-corrected chi connectivity index (χ4v) is 4.18. The number of amides is 1. The smallest absolute Gasteiger partial charge is 0.344 e. The molecule has 0 aromatic heterocycles. The summed E-state index contributed by atoms with van der Waals surface area (Å²) in [6.45, 7) is 3.96. The molecule has 3 aliphatic heterocycles. The highest BCUT2D eigenvalue weighted by Crippen LogP contribution is 2.51. The van der Waals surface area contributed by atoms with Crippen molar-refractivity contribution in [3.05, 3.63) is 58.1 Å². The molecule has 0 radical (unpaired) electrons. The maximum Gasteiger partial charge on any atom is 0.416 e. The first-order valence-electron chi connectivity index (χ1n) is 8.40. The zero-order chi connectivity index (χ0) is 18.7. The number of benzene rings is 1. The van der Waals surface area contributed by atoms with Gasteiger partial charge in [-0.3, -0.25) is 4.79 Å². The van der Waals surface area contributed by atoms with Crippen LogP contribution in [0.25, 0.3) is 0 Å². The number of halogens is 3. The van der Waals surface area contributed by atoms with E-state index < -0.39 is 17.2 Å². The van der Waals surface area contributed by atoms with Gasteiger partial charge >= 0.3 is 6.18 Å². The lowest BCUT2D eigenvalue weighted by Crippen LogP contribution is -2.41. The molecule has 0 fully saturated rings. The van der Waals surface area contributed by atoms with Crippen LogP contribution in [0.1, 0.15) is 31.4 Å². The number of carbonyl (C=O) groups excluding carboxylic acids is 1. The molecule has 136 valence electrons. The van der Waals surface area contributed by atoms with Crippen LogP contribution in [0.3, 0.4) is 0 Å². The maximum atomic E-state index is 13.3. The molecule has 0 aliphatic carbocycles. The average molecular weight is 362 g/mol. The summed E-state index contributed by atoms with van der Waals surface area (Å²) in [6, 6.07) is 4.95. The van der Waals surface area contributed by atoms with Crippen molar-refractivity contribution in [1.29, 1.82) is 0 Å². The van der Waals surface area contributed by atoms with Gasteiger partial charge in [0.25, 0.3) is 5.91 Å². The Morgan fingerprint density at radius 1 is 1.35 bits per heavy atom. The second-order valence-electron chi connectivity index (χ2n) is 6.67. The van der Waals surface area contributed by atoms with E-state index >= 15 is 0 Å². The number of nitrogens with zero attached hydrogens (tertiary/aromatic N) is 2. The topological polar surface area (TPSA) is 65.8 Å². The molecular weight excluding hydrogens is 345 g/mol. The van der Waals surface area contributed by atoms with E-state index in [1.165, 1.54) is 6.07 Å². The van der Waals surface area contributed by atoms with Crippen LogP contribution in [0, 0.1) is 0 Å². The highest BCUT2D eigenvalue weighted by Gasteiger charge is 2.52. The van der Waals surface area contributed by atoms with Crippen molar-refractivity contribution in [3.8, 4) is 0 Å². The van der Waals surface area contributed by atoms with Gasteiger partial charge in [0.1, 0.15) is 0 Å². The molecule has 2 N–H and O–H groups in total. The van der Waals surface area contributed by atoms with E-state index in [0.717, 1.165) is 17.7 Å². The molecule has 2 unspecified atom stereocenters. The van der Waals surface area contributed by atoms with Gasteiger partial charge in [0.2, 0.25) is 0 Å². The van der Waals surface area contributed by atoms with Gasteiger partial charge in [-0.05, 0) is 25.0 Å². The Morgan fingerprint density at radius 2 is 2.12 bits per heavy atom. The predicted molar refractivity (Wildman–Crippen MR) is 87.9 cm³/mol. The zero-order valence-electron chi connectivity index (χ0n) is 14.2. The fourth-order valence-electron chi connectivity index (χ4n) is 4.18. The highest BCUT2D eigenvalue weighted by atomic mass is 19.4. The SMILES string of the molecule is CCC1(c2cccc(C(F)(F)F)c2)C2=C(N=NC2)NC2=C1C(=O)NC2C. The van der Waals surface area contributed by atoms with Gasteiger partial charge in [-0.25, -0.2) is 0 Å². The highest BCUT2D eigenvalue weighted by molar-refractivity contribution is 6.01. The van der Waals surface area contributed by atoms with Gasteiger partial charge in [0, 0.05) is 11.3 Å². The number of hydrogen-bond acceptors (Lipinski definition) is 4.